The Morgan fingerprint density at radius 1 is 1.21 bits per heavy atom. The number of fused-ring (bicyclic) bond motifs is 1. The number of hydrogen-bond donors (Lipinski definition) is 0. The Morgan fingerprint density at radius 2 is 1.93 bits per heavy atom. The van der Waals surface area contributed by atoms with Gasteiger partial charge in [-0.25, -0.2) is 0 Å². The third-order valence-corrected chi connectivity index (χ3v) is 4.13. The summed E-state index contributed by atoms with van der Waals surface area (Å²) in [5.74, 6) is 0. The van der Waals surface area contributed by atoms with Crippen LogP contribution in [0.3, 0.4) is 0 Å². The van der Waals surface area contributed by atoms with Gasteiger partial charge < -0.3 is 0 Å². The molecule has 0 N–H and O–H groups in total. The number of halogens is 3. The lowest BCUT2D eigenvalue weighted by molar-refractivity contribution is 1.36. The zero-order chi connectivity index (χ0) is 10.3. The summed E-state index contributed by atoms with van der Waals surface area (Å²) in [7, 11) is 0. The fourth-order valence-corrected chi connectivity index (χ4v) is 2.11. The largest absolute Gasteiger partial charge is 0.255 e. The van der Waals surface area contributed by atoms with Gasteiger partial charge in [-0.15, -0.1) is 0 Å². The summed E-state index contributed by atoms with van der Waals surface area (Å²) in [6.45, 7) is 2.03. The molecule has 0 saturated heterocycles. The Bertz CT molecular complexity index is 511. The van der Waals surface area contributed by atoms with Crippen molar-refractivity contribution in [2.24, 2.45) is 0 Å². The van der Waals surface area contributed by atoms with Crippen molar-refractivity contribution in [2.75, 3.05) is 0 Å². The first kappa shape index (κ1) is 10.4. The topological polar surface area (TPSA) is 12.9 Å². The molecule has 0 saturated carbocycles. The van der Waals surface area contributed by atoms with Crippen LogP contribution in [0.15, 0.2) is 27.3 Å². The maximum Gasteiger partial charge on any atom is 0.0729 e. The average molecular weight is 335 g/mol. The van der Waals surface area contributed by atoms with Gasteiger partial charge in [-0.3, -0.25) is 4.98 Å². The van der Waals surface area contributed by atoms with Crippen LogP contribution in [0.5, 0.6) is 0 Å². The van der Waals surface area contributed by atoms with Crippen molar-refractivity contribution in [3.8, 4) is 0 Å². The highest BCUT2D eigenvalue weighted by Gasteiger charge is 2.06. The Labute approximate surface area is 104 Å². The van der Waals surface area contributed by atoms with Crippen LogP contribution in [0.25, 0.3) is 10.9 Å². The van der Waals surface area contributed by atoms with Gasteiger partial charge in [0.25, 0.3) is 0 Å². The van der Waals surface area contributed by atoms with Crippen molar-refractivity contribution in [2.45, 2.75) is 6.92 Å². The van der Waals surface area contributed by atoms with Crippen molar-refractivity contribution in [1.29, 1.82) is 0 Å². The van der Waals surface area contributed by atoms with Crippen LogP contribution < -0.4 is 0 Å². The summed E-state index contributed by atoms with van der Waals surface area (Å²) >= 11 is 13.0. The number of aromatic nitrogens is 1. The predicted octanol–water partition coefficient (Wildman–Crippen LogP) is 4.72. The molecule has 1 nitrogen and oxygen atoms in total. The molecule has 14 heavy (non-hydrogen) atoms. The second-order valence-electron chi connectivity index (χ2n) is 3.04. The molecular weight excluding hydrogens is 329 g/mol. The summed E-state index contributed by atoms with van der Waals surface area (Å²) in [5.41, 5.74) is 2.05. The van der Waals surface area contributed by atoms with Crippen molar-refractivity contribution < 1.29 is 0 Å². The van der Waals surface area contributed by atoms with E-state index in [0.717, 1.165) is 25.4 Å². The number of rotatable bonds is 0. The van der Waals surface area contributed by atoms with Gasteiger partial charge in [0.05, 0.1) is 15.0 Å². The zero-order valence-electron chi connectivity index (χ0n) is 7.31. The molecule has 0 aliphatic heterocycles. The Kier molecular flexibility index (Phi) is 2.82. The van der Waals surface area contributed by atoms with Crippen LogP contribution in [0.4, 0.5) is 0 Å². The monoisotopic (exact) mass is 333 g/mol. The first-order chi connectivity index (χ1) is 6.59. The predicted molar refractivity (Wildman–Crippen MR) is 66.9 cm³/mol. The summed E-state index contributed by atoms with van der Waals surface area (Å²) in [6, 6.07) is 4.00. The Balaban J connectivity index is 2.89. The van der Waals surface area contributed by atoms with Crippen LogP contribution in [0.1, 0.15) is 5.56 Å². The molecule has 0 fully saturated rings. The number of benzene rings is 1. The lowest BCUT2D eigenvalue weighted by Gasteiger charge is -2.04. The number of aryl methyl sites for hydroxylation is 1. The highest BCUT2D eigenvalue weighted by atomic mass is 79.9. The molecule has 0 bridgehead atoms. The summed E-state index contributed by atoms with van der Waals surface area (Å²) < 4.78 is 1.88. The number of hydrogen-bond acceptors (Lipinski definition) is 1. The maximum atomic E-state index is 6.15. The standard InChI is InChI=1S/C10H6Br2ClN/c1-5-2-6-9(3-7(5)11)14-4-8(12)10(6)13/h2-4H,1H3. The van der Waals surface area contributed by atoms with Crippen LogP contribution in [0, 0.1) is 6.92 Å². The Hall–Kier alpha value is -0.120. The number of nitrogens with zero attached hydrogens (tertiary/aromatic N) is 1. The van der Waals surface area contributed by atoms with Gasteiger partial charge in [0.15, 0.2) is 0 Å². The third kappa shape index (κ3) is 1.69. The first-order valence-electron chi connectivity index (χ1n) is 3.99. The lowest BCUT2D eigenvalue weighted by atomic mass is 10.1. The SMILES string of the molecule is Cc1cc2c(Cl)c(Br)cnc2cc1Br. The van der Waals surface area contributed by atoms with Gasteiger partial charge in [-0.2, -0.15) is 0 Å². The molecule has 0 unspecified atom stereocenters. The van der Waals surface area contributed by atoms with Crippen molar-refractivity contribution in [3.63, 3.8) is 0 Å². The molecule has 4 heteroatoms. The fraction of sp³-hybridized carbons (Fsp3) is 0.100. The highest BCUT2D eigenvalue weighted by Crippen LogP contribution is 2.32. The third-order valence-electron chi connectivity index (χ3n) is 2.04. The van der Waals surface area contributed by atoms with E-state index in [1.54, 1.807) is 6.20 Å². The van der Waals surface area contributed by atoms with Gasteiger partial charge in [-0.1, -0.05) is 27.5 Å². The van der Waals surface area contributed by atoms with E-state index in [9.17, 15) is 0 Å². The molecule has 1 aromatic heterocycles. The molecule has 1 aromatic carbocycles. The minimum atomic E-state index is 0.714. The molecule has 72 valence electrons. The highest BCUT2D eigenvalue weighted by molar-refractivity contribution is 9.10. The normalized spacial score (nSPS) is 10.9. The minimum absolute atomic E-state index is 0.714. The van der Waals surface area contributed by atoms with Gasteiger partial charge >= 0.3 is 0 Å². The summed E-state index contributed by atoms with van der Waals surface area (Å²) in [4.78, 5) is 4.28. The van der Waals surface area contributed by atoms with Gasteiger partial charge in [0.1, 0.15) is 0 Å². The molecule has 0 spiro atoms. The van der Waals surface area contributed by atoms with Gasteiger partial charge in [-0.05, 0) is 40.5 Å². The average Bonchev–Trinajstić information content (AvgIpc) is 2.15. The first-order valence-corrected chi connectivity index (χ1v) is 5.96. The number of pyridine rings is 1. The molecule has 0 radical (unpaired) electrons. The van der Waals surface area contributed by atoms with E-state index in [4.69, 9.17) is 11.6 Å². The summed E-state index contributed by atoms with van der Waals surface area (Å²) in [6.07, 6.45) is 1.71. The fourth-order valence-electron chi connectivity index (χ4n) is 1.27. The second kappa shape index (κ2) is 3.80. The van der Waals surface area contributed by atoms with E-state index in [2.05, 4.69) is 36.8 Å². The molecule has 0 amide bonds. The molecule has 0 aliphatic carbocycles. The minimum Gasteiger partial charge on any atom is -0.255 e. The van der Waals surface area contributed by atoms with E-state index < -0.39 is 0 Å². The van der Waals surface area contributed by atoms with Crippen LogP contribution in [-0.4, -0.2) is 4.98 Å². The van der Waals surface area contributed by atoms with E-state index in [1.165, 1.54) is 0 Å². The van der Waals surface area contributed by atoms with Crippen molar-refractivity contribution in [3.05, 3.63) is 37.9 Å². The second-order valence-corrected chi connectivity index (χ2v) is 5.13. The molecule has 1 heterocycles. The van der Waals surface area contributed by atoms with Gasteiger partial charge in [0.2, 0.25) is 0 Å². The van der Waals surface area contributed by atoms with Crippen molar-refractivity contribution >= 4 is 54.4 Å². The maximum absolute atomic E-state index is 6.15. The molecular formula is C10H6Br2ClN. The van der Waals surface area contributed by atoms with Crippen LogP contribution >= 0.6 is 43.5 Å². The van der Waals surface area contributed by atoms with Crippen LogP contribution in [0.2, 0.25) is 5.02 Å². The molecule has 2 rings (SSSR count). The van der Waals surface area contributed by atoms with E-state index in [-0.39, 0.29) is 0 Å². The van der Waals surface area contributed by atoms with E-state index in [0.29, 0.717) is 5.02 Å². The lowest BCUT2D eigenvalue weighted by Crippen LogP contribution is -1.84. The Morgan fingerprint density at radius 3 is 2.64 bits per heavy atom. The van der Waals surface area contributed by atoms with Crippen molar-refractivity contribution in [1.82, 2.24) is 4.98 Å². The molecule has 2 aromatic rings. The van der Waals surface area contributed by atoms with E-state index in [1.807, 2.05) is 19.1 Å². The van der Waals surface area contributed by atoms with Crippen LogP contribution in [-0.2, 0) is 0 Å². The smallest absolute Gasteiger partial charge is 0.0729 e. The van der Waals surface area contributed by atoms with Gasteiger partial charge in [0, 0.05) is 16.1 Å². The molecule has 0 atom stereocenters. The molecule has 0 aliphatic rings. The summed E-state index contributed by atoms with van der Waals surface area (Å²) in [5, 5.41) is 1.69. The van der Waals surface area contributed by atoms with E-state index >= 15 is 0 Å². The zero-order valence-corrected chi connectivity index (χ0v) is 11.2. The quantitative estimate of drug-likeness (QED) is 0.679.